The van der Waals surface area contributed by atoms with Crippen LogP contribution < -0.4 is 0 Å². The van der Waals surface area contributed by atoms with Crippen molar-refractivity contribution in [3.05, 3.63) is 117 Å². The number of hydrogen-bond donors (Lipinski definition) is 1. The third-order valence-corrected chi connectivity index (χ3v) is 8.80. The van der Waals surface area contributed by atoms with Crippen LogP contribution in [-0.2, 0) is 17.2 Å². The summed E-state index contributed by atoms with van der Waals surface area (Å²) < 4.78 is 40.2. The summed E-state index contributed by atoms with van der Waals surface area (Å²) in [6.07, 6.45) is 2.72. The SMILES string of the molecule is Cc1ccc(C2(c3ccc(C)cc3)C=CC(N3CCC(O)(c4ccc(Cl)c(C(F)(F)F)c4)CC3)CC2)cc1.Cl. The smallest absolute Gasteiger partial charge is 0.385 e. The Kier molecular flexibility index (Phi) is 8.58. The summed E-state index contributed by atoms with van der Waals surface area (Å²) in [4.78, 5) is 2.35. The van der Waals surface area contributed by atoms with Gasteiger partial charge in [0.05, 0.1) is 16.2 Å². The molecule has 0 amide bonds. The van der Waals surface area contributed by atoms with Gasteiger partial charge in [0.15, 0.2) is 0 Å². The van der Waals surface area contributed by atoms with Crippen molar-refractivity contribution < 1.29 is 18.3 Å². The van der Waals surface area contributed by atoms with Gasteiger partial charge < -0.3 is 5.11 Å². The van der Waals surface area contributed by atoms with Crippen LogP contribution in [0.2, 0.25) is 5.02 Å². The summed E-state index contributed by atoms with van der Waals surface area (Å²) in [5, 5.41) is 11.0. The zero-order valence-electron chi connectivity index (χ0n) is 22.1. The number of piperidine rings is 1. The van der Waals surface area contributed by atoms with Crippen molar-refractivity contribution in [3.8, 4) is 0 Å². The summed E-state index contributed by atoms with van der Waals surface area (Å²) in [7, 11) is 0. The standard InChI is InChI=1S/C32H33ClF3NO.ClH/c1-22-3-7-24(8-4-22)30(25-9-5-23(2)6-10-25)15-13-27(14-16-30)37-19-17-31(38,18-20-37)26-11-12-29(33)28(21-26)32(34,35)36;/h3-13,15,21,27,38H,14,16-20H2,1-2H3;1H. The molecule has 208 valence electrons. The van der Waals surface area contributed by atoms with Crippen LogP contribution in [0.25, 0.3) is 0 Å². The highest BCUT2D eigenvalue weighted by Gasteiger charge is 2.41. The lowest BCUT2D eigenvalue weighted by atomic mass is 9.67. The van der Waals surface area contributed by atoms with Crippen molar-refractivity contribution in [3.63, 3.8) is 0 Å². The molecule has 1 heterocycles. The van der Waals surface area contributed by atoms with E-state index >= 15 is 0 Å². The highest BCUT2D eigenvalue weighted by Crippen LogP contribution is 2.44. The summed E-state index contributed by atoms with van der Waals surface area (Å²) in [5.74, 6) is 0. The molecule has 0 bridgehead atoms. The quantitative estimate of drug-likeness (QED) is 0.316. The summed E-state index contributed by atoms with van der Waals surface area (Å²) >= 11 is 5.80. The van der Waals surface area contributed by atoms with E-state index in [-0.39, 0.29) is 34.4 Å². The lowest BCUT2D eigenvalue weighted by Gasteiger charge is -2.44. The first-order chi connectivity index (χ1) is 18.0. The van der Waals surface area contributed by atoms with Gasteiger partial charge >= 0.3 is 6.18 Å². The third-order valence-electron chi connectivity index (χ3n) is 8.47. The van der Waals surface area contributed by atoms with E-state index in [9.17, 15) is 18.3 Å². The lowest BCUT2D eigenvalue weighted by molar-refractivity contribution is -0.137. The van der Waals surface area contributed by atoms with Crippen molar-refractivity contribution in [2.75, 3.05) is 13.1 Å². The Bertz CT molecular complexity index is 1270. The molecule has 39 heavy (non-hydrogen) atoms. The number of rotatable bonds is 4. The number of hydrogen-bond acceptors (Lipinski definition) is 2. The molecular formula is C32H34Cl2F3NO. The molecule has 3 aromatic rings. The van der Waals surface area contributed by atoms with Crippen LogP contribution in [0.3, 0.4) is 0 Å². The van der Waals surface area contributed by atoms with Crippen molar-refractivity contribution in [1.29, 1.82) is 0 Å². The Morgan fingerprint density at radius 1 is 0.821 bits per heavy atom. The molecule has 1 unspecified atom stereocenters. The average Bonchev–Trinajstić information content (AvgIpc) is 2.90. The first-order valence-electron chi connectivity index (χ1n) is 13.2. The predicted molar refractivity (Wildman–Crippen MR) is 154 cm³/mol. The van der Waals surface area contributed by atoms with Crippen LogP contribution in [0.1, 0.15) is 59.1 Å². The molecule has 0 aromatic heterocycles. The Hall–Kier alpha value is -2.31. The Balaban J connectivity index is 0.00000353. The minimum atomic E-state index is -4.56. The number of benzene rings is 3. The second-order valence-electron chi connectivity index (χ2n) is 10.9. The van der Waals surface area contributed by atoms with Crippen LogP contribution in [0, 0.1) is 13.8 Å². The Labute approximate surface area is 239 Å². The van der Waals surface area contributed by atoms with Crippen molar-refractivity contribution in [1.82, 2.24) is 4.90 Å². The zero-order valence-corrected chi connectivity index (χ0v) is 23.7. The van der Waals surface area contributed by atoms with E-state index < -0.39 is 17.3 Å². The molecular weight excluding hydrogens is 542 g/mol. The number of aryl methyl sites for hydroxylation is 2. The number of allylic oxidation sites excluding steroid dienone is 1. The highest BCUT2D eigenvalue weighted by molar-refractivity contribution is 6.31. The fourth-order valence-electron chi connectivity index (χ4n) is 6.03. The number of likely N-dealkylation sites (tertiary alicyclic amines) is 1. The van der Waals surface area contributed by atoms with Crippen LogP contribution in [0.5, 0.6) is 0 Å². The second-order valence-corrected chi connectivity index (χ2v) is 11.3. The number of alkyl halides is 3. The summed E-state index contributed by atoms with van der Waals surface area (Å²) in [6.45, 7) is 5.41. The van der Waals surface area contributed by atoms with Gasteiger partial charge in [-0.15, -0.1) is 12.4 Å². The molecule has 1 saturated heterocycles. The third kappa shape index (κ3) is 5.92. The van der Waals surface area contributed by atoms with Gasteiger partial charge in [-0.25, -0.2) is 0 Å². The second kappa shape index (κ2) is 11.3. The van der Waals surface area contributed by atoms with Gasteiger partial charge in [-0.3, -0.25) is 4.90 Å². The summed E-state index contributed by atoms with van der Waals surface area (Å²) in [5.41, 5.74) is 2.90. The van der Waals surface area contributed by atoms with E-state index in [1.54, 1.807) is 0 Å². The van der Waals surface area contributed by atoms with Crippen molar-refractivity contribution in [2.24, 2.45) is 0 Å². The number of nitrogens with zero attached hydrogens (tertiary/aromatic N) is 1. The van der Waals surface area contributed by atoms with Gasteiger partial charge in [-0.2, -0.15) is 13.2 Å². The topological polar surface area (TPSA) is 23.5 Å². The maximum absolute atomic E-state index is 13.4. The van der Waals surface area contributed by atoms with Crippen molar-refractivity contribution in [2.45, 2.75) is 62.8 Å². The normalized spacial score (nSPS) is 20.8. The van der Waals surface area contributed by atoms with Gasteiger partial charge in [0.25, 0.3) is 0 Å². The van der Waals surface area contributed by atoms with Crippen LogP contribution in [0.15, 0.2) is 78.9 Å². The fraction of sp³-hybridized carbons (Fsp3) is 0.375. The first kappa shape index (κ1) is 29.7. The van der Waals surface area contributed by atoms with Gasteiger partial charge in [-0.05, 0) is 68.4 Å². The molecule has 1 aliphatic carbocycles. The van der Waals surface area contributed by atoms with Crippen LogP contribution in [0.4, 0.5) is 13.2 Å². The van der Waals surface area contributed by atoms with Gasteiger partial charge in [-0.1, -0.05) is 89.5 Å². The van der Waals surface area contributed by atoms with E-state index in [4.69, 9.17) is 11.6 Å². The lowest BCUT2D eigenvalue weighted by Crippen LogP contribution is -2.48. The Morgan fingerprint density at radius 2 is 1.33 bits per heavy atom. The predicted octanol–water partition coefficient (Wildman–Crippen LogP) is 8.39. The molecule has 1 N–H and O–H groups in total. The van der Waals surface area contributed by atoms with Crippen LogP contribution >= 0.6 is 24.0 Å². The zero-order chi connectivity index (χ0) is 27.1. The molecule has 2 aliphatic rings. The van der Waals surface area contributed by atoms with E-state index in [1.165, 1.54) is 34.4 Å². The Morgan fingerprint density at radius 3 is 1.79 bits per heavy atom. The van der Waals surface area contributed by atoms with E-state index in [0.717, 1.165) is 18.9 Å². The molecule has 0 radical (unpaired) electrons. The maximum Gasteiger partial charge on any atom is 0.417 e. The molecule has 1 fully saturated rings. The average molecular weight is 577 g/mol. The van der Waals surface area contributed by atoms with Crippen LogP contribution in [-0.4, -0.2) is 29.1 Å². The fourth-order valence-corrected chi connectivity index (χ4v) is 6.26. The molecule has 1 atom stereocenters. The molecule has 0 saturated carbocycles. The highest BCUT2D eigenvalue weighted by atomic mass is 35.5. The minimum Gasteiger partial charge on any atom is -0.385 e. The molecule has 3 aromatic carbocycles. The molecule has 2 nitrogen and oxygen atoms in total. The minimum absolute atomic E-state index is 0. The molecule has 7 heteroatoms. The van der Waals surface area contributed by atoms with Gasteiger partial charge in [0.1, 0.15) is 0 Å². The number of aliphatic hydroxyl groups is 1. The largest absolute Gasteiger partial charge is 0.417 e. The van der Waals surface area contributed by atoms with Gasteiger partial charge in [0, 0.05) is 24.5 Å². The number of halogens is 5. The van der Waals surface area contributed by atoms with E-state index in [2.05, 4.69) is 79.4 Å². The van der Waals surface area contributed by atoms with E-state index in [0.29, 0.717) is 25.9 Å². The van der Waals surface area contributed by atoms with Gasteiger partial charge in [0.2, 0.25) is 0 Å². The maximum atomic E-state index is 13.4. The summed E-state index contributed by atoms with van der Waals surface area (Å²) in [6, 6.07) is 21.5. The molecule has 1 aliphatic heterocycles. The molecule has 0 spiro atoms. The first-order valence-corrected chi connectivity index (χ1v) is 13.6. The van der Waals surface area contributed by atoms with Crippen molar-refractivity contribution >= 4 is 24.0 Å². The van der Waals surface area contributed by atoms with E-state index in [1.807, 2.05) is 0 Å². The molecule has 5 rings (SSSR count). The monoisotopic (exact) mass is 575 g/mol.